The van der Waals surface area contributed by atoms with Crippen LogP contribution in [0.1, 0.15) is 28.8 Å². The normalized spacial score (nSPS) is 19.6. The molecule has 0 radical (unpaired) electrons. The highest BCUT2D eigenvalue weighted by atomic mass is 32.2. The molecule has 0 spiro atoms. The Morgan fingerprint density at radius 1 is 1.17 bits per heavy atom. The molecule has 1 amide bonds. The number of nitrogens with one attached hydrogen (secondary N) is 1. The molecule has 2 aromatic rings. The van der Waals surface area contributed by atoms with Crippen LogP contribution in [0.5, 0.6) is 0 Å². The third-order valence-corrected chi connectivity index (χ3v) is 6.00. The lowest BCUT2D eigenvalue weighted by Crippen LogP contribution is -2.43. The molecule has 5 nitrogen and oxygen atoms in total. The number of rotatable bonds is 3. The molecule has 1 aromatic heterocycles. The van der Waals surface area contributed by atoms with Gasteiger partial charge in [0.25, 0.3) is 5.91 Å². The number of sulfone groups is 1. The Hall–Kier alpha value is -2.21. The van der Waals surface area contributed by atoms with Crippen molar-refractivity contribution in [2.24, 2.45) is 0 Å². The highest BCUT2D eigenvalue weighted by Crippen LogP contribution is 2.20. The van der Waals surface area contributed by atoms with Crippen molar-refractivity contribution in [2.75, 3.05) is 11.5 Å². The maximum atomic E-state index is 12.4. The van der Waals surface area contributed by atoms with Crippen LogP contribution in [0.3, 0.4) is 0 Å². The summed E-state index contributed by atoms with van der Waals surface area (Å²) in [5.74, 6) is -0.0493. The average Bonchev–Trinajstić information content (AvgIpc) is 2.55. The first-order valence-electron chi connectivity index (χ1n) is 7.96. The van der Waals surface area contributed by atoms with Gasteiger partial charge in [0.2, 0.25) is 0 Å². The summed E-state index contributed by atoms with van der Waals surface area (Å²) in [6.45, 7) is 2.02. The van der Waals surface area contributed by atoms with E-state index in [9.17, 15) is 13.2 Å². The summed E-state index contributed by atoms with van der Waals surface area (Å²) in [5, 5.41) is 2.82. The highest BCUT2D eigenvalue weighted by Gasteiger charge is 2.26. The standard InChI is InChI=1S/C18H20N2O3S/c1-13-4-6-14(7-5-13)15-9-16(11-19-10-15)18(21)20-17-3-2-8-24(22,23)12-17/h4-7,9-11,17H,2-3,8,12H2,1H3,(H,20,21). The molecule has 3 rings (SSSR count). The minimum absolute atomic E-state index is 0.0177. The number of pyridine rings is 1. The van der Waals surface area contributed by atoms with Crippen LogP contribution in [0.2, 0.25) is 0 Å². The minimum Gasteiger partial charge on any atom is -0.348 e. The Morgan fingerprint density at radius 3 is 2.62 bits per heavy atom. The van der Waals surface area contributed by atoms with E-state index < -0.39 is 9.84 Å². The van der Waals surface area contributed by atoms with E-state index in [2.05, 4.69) is 10.3 Å². The molecule has 1 N–H and O–H groups in total. The van der Waals surface area contributed by atoms with Crippen molar-refractivity contribution in [2.45, 2.75) is 25.8 Å². The Bertz CT molecular complexity index is 845. The van der Waals surface area contributed by atoms with E-state index in [1.165, 1.54) is 11.8 Å². The first kappa shape index (κ1) is 16.6. The number of nitrogens with zero attached hydrogens (tertiary/aromatic N) is 1. The summed E-state index contributed by atoms with van der Waals surface area (Å²) in [5.41, 5.74) is 3.46. The van der Waals surface area contributed by atoms with Crippen LogP contribution in [0.15, 0.2) is 42.7 Å². The van der Waals surface area contributed by atoms with Gasteiger partial charge in [0.15, 0.2) is 9.84 Å². The Morgan fingerprint density at radius 2 is 1.92 bits per heavy atom. The van der Waals surface area contributed by atoms with Crippen molar-refractivity contribution in [1.29, 1.82) is 0 Å². The van der Waals surface area contributed by atoms with Gasteiger partial charge < -0.3 is 5.32 Å². The fourth-order valence-electron chi connectivity index (χ4n) is 2.87. The largest absolute Gasteiger partial charge is 0.348 e. The molecule has 1 saturated heterocycles. The number of benzene rings is 1. The van der Waals surface area contributed by atoms with Crippen molar-refractivity contribution in [3.63, 3.8) is 0 Å². The van der Waals surface area contributed by atoms with Crippen molar-refractivity contribution in [3.8, 4) is 11.1 Å². The number of carbonyl (C=O) groups is 1. The van der Waals surface area contributed by atoms with Crippen LogP contribution in [-0.2, 0) is 9.84 Å². The first-order valence-corrected chi connectivity index (χ1v) is 9.78. The summed E-state index contributed by atoms with van der Waals surface area (Å²) < 4.78 is 23.4. The van der Waals surface area contributed by atoms with Gasteiger partial charge in [-0.2, -0.15) is 0 Å². The van der Waals surface area contributed by atoms with E-state index in [-0.39, 0.29) is 23.5 Å². The second kappa shape index (κ2) is 6.73. The maximum absolute atomic E-state index is 12.4. The molecular formula is C18H20N2O3S. The third-order valence-electron chi connectivity index (χ3n) is 4.18. The Balaban J connectivity index is 1.76. The number of hydrogen-bond acceptors (Lipinski definition) is 4. The fourth-order valence-corrected chi connectivity index (χ4v) is 4.51. The fraction of sp³-hybridized carbons (Fsp3) is 0.333. The molecule has 0 bridgehead atoms. The zero-order valence-corrected chi connectivity index (χ0v) is 14.3. The lowest BCUT2D eigenvalue weighted by atomic mass is 10.0. The van der Waals surface area contributed by atoms with Gasteiger partial charge in [-0.05, 0) is 31.4 Å². The van der Waals surface area contributed by atoms with Crippen LogP contribution in [0.25, 0.3) is 11.1 Å². The molecule has 24 heavy (non-hydrogen) atoms. The molecule has 1 aliphatic heterocycles. The van der Waals surface area contributed by atoms with Crippen LogP contribution in [0.4, 0.5) is 0 Å². The van der Waals surface area contributed by atoms with Gasteiger partial charge in [0.05, 0.1) is 17.1 Å². The van der Waals surface area contributed by atoms with Gasteiger partial charge in [0.1, 0.15) is 0 Å². The molecule has 2 heterocycles. The number of carbonyl (C=O) groups excluding carboxylic acids is 1. The summed E-state index contributed by atoms with van der Waals surface area (Å²) >= 11 is 0. The van der Waals surface area contributed by atoms with Crippen molar-refractivity contribution >= 4 is 15.7 Å². The molecule has 1 unspecified atom stereocenters. The molecule has 1 fully saturated rings. The summed E-state index contributed by atoms with van der Waals surface area (Å²) in [4.78, 5) is 16.6. The molecule has 1 atom stereocenters. The maximum Gasteiger partial charge on any atom is 0.253 e. The van der Waals surface area contributed by atoms with Gasteiger partial charge in [-0.15, -0.1) is 0 Å². The lowest BCUT2D eigenvalue weighted by Gasteiger charge is -2.23. The smallest absolute Gasteiger partial charge is 0.253 e. The van der Waals surface area contributed by atoms with E-state index in [0.717, 1.165) is 11.1 Å². The highest BCUT2D eigenvalue weighted by molar-refractivity contribution is 7.91. The SMILES string of the molecule is Cc1ccc(-c2cncc(C(=O)NC3CCCS(=O)(=O)C3)c2)cc1. The second-order valence-electron chi connectivity index (χ2n) is 6.26. The Labute approximate surface area is 142 Å². The topological polar surface area (TPSA) is 76.1 Å². The number of aryl methyl sites for hydroxylation is 1. The van der Waals surface area contributed by atoms with Crippen LogP contribution in [-0.4, -0.2) is 36.9 Å². The van der Waals surface area contributed by atoms with E-state index in [4.69, 9.17) is 0 Å². The van der Waals surface area contributed by atoms with Gasteiger partial charge in [0, 0.05) is 24.0 Å². The summed E-state index contributed by atoms with van der Waals surface area (Å²) in [7, 11) is -3.05. The van der Waals surface area contributed by atoms with E-state index in [1.54, 1.807) is 12.3 Å². The van der Waals surface area contributed by atoms with E-state index >= 15 is 0 Å². The van der Waals surface area contributed by atoms with Crippen LogP contribution in [0, 0.1) is 6.92 Å². The zero-order valence-electron chi connectivity index (χ0n) is 13.5. The monoisotopic (exact) mass is 344 g/mol. The zero-order chi connectivity index (χ0) is 17.2. The minimum atomic E-state index is -3.05. The Kier molecular flexibility index (Phi) is 4.66. The molecule has 1 aliphatic rings. The quantitative estimate of drug-likeness (QED) is 0.927. The second-order valence-corrected chi connectivity index (χ2v) is 8.48. The van der Waals surface area contributed by atoms with Gasteiger partial charge in [-0.3, -0.25) is 9.78 Å². The molecule has 6 heteroatoms. The van der Waals surface area contributed by atoms with Crippen molar-refractivity contribution < 1.29 is 13.2 Å². The van der Waals surface area contributed by atoms with Gasteiger partial charge >= 0.3 is 0 Å². The van der Waals surface area contributed by atoms with Crippen LogP contribution < -0.4 is 5.32 Å². The summed E-state index contributed by atoms with van der Waals surface area (Å²) in [6, 6.07) is 9.46. The lowest BCUT2D eigenvalue weighted by molar-refractivity contribution is 0.0938. The molecule has 0 saturated carbocycles. The molecular weight excluding hydrogens is 324 g/mol. The molecule has 126 valence electrons. The first-order chi connectivity index (χ1) is 11.4. The predicted molar refractivity (Wildman–Crippen MR) is 93.6 cm³/mol. The van der Waals surface area contributed by atoms with E-state index in [0.29, 0.717) is 18.4 Å². The van der Waals surface area contributed by atoms with Gasteiger partial charge in [-0.25, -0.2) is 8.42 Å². The number of amides is 1. The van der Waals surface area contributed by atoms with Gasteiger partial charge in [-0.1, -0.05) is 29.8 Å². The number of hydrogen-bond donors (Lipinski definition) is 1. The molecule has 1 aromatic carbocycles. The van der Waals surface area contributed by atoms with Crippen LogP contribution >= 0.6 is 0 Å². The van der Waals surface area contributed by atoms with E-state index in [1.807, 2.05) is 31.2 Å². The third kappa shape index (κ3) is 4.00. The average molecular weight is 344 g/mol. The van der Waals surface area contributed by atoms with Crippen molar-refractivity contribution in [3.05, 3.63) is 53.9 Å². The predicted octanol–water partition coefficient (Wildman–Crippen LogP) is 2.36. The molecule has 0 aliphatic carbocycles. The number of aromatic nitrogens is 1. The van der Waals surface area contributed by atoms with Crippen molar-refractivity contribution in [1.82, 2.24) is 10.3 Å². The summed E-state index contributed by atoms with van der Waals surface area (Å²) in [6.07, 6.45) is 4.50.